The van der Waals surface area contributed by atoms with E-state index in [2.05, 4.69) is 15.0 Å². The van der Waals surface area contributed by atoms with Gasteiger partial charge in [-0.15, -0.1) is 0 Å². The molecule has 0 radical (unpaired) electrons. The number of rotatable bonds is 1. The molecule has 1 N–H and O–H groups in total. The van der Waals surface area contributed by atoms with Crippen LogP contribution in [-0.4, -0.2) is 21.6 Å². The number of fused-ring (bicyclic) bond motifs is 1. The van der Waals surface area contributed by atoms with Crippen molar-refractivity contribution in [2.45, 2.75) is 19.8 Å². The Bertz CT molecular complexity index is 649. The van der Waals surface area contributed by atoms with Crippen LogP contribution in [0.5, 0.6) is 5.88 Å². The van der Waals surface area contributed by atoms with Crippen molar-refractivity contribution in [2.75, 3.05) is 6.61 Å². The fourth-order valence-electron chi connectivity index (χ4n) is 2.03. The second-order valence-electron chi connectivity index (χ2n) is 4.31. The number of hydrogen-bond donors (Lipinski definition) is 1. The molecule has 5 nitrogen and oxygen atoms in total. The maximum atomic E-state index is 11.9. The summed E-state index contributed by atoms with van der Waals surface area (Å²) < 4.78 is 5.44. The Morgan fingerprint density at radius 2 is 2.22 bits per heavy atom. The molecule has 5 heteroatoms. The van der Waals surface area contributed by atoms with Crippen LogP contribution in [0.2, 0.25) is 0 Å². The van der Waals surface area contributed by atoms with Crippen molar-refractivity contribution in [3.63, 3.8) is 0 Å². The minimum Gasteiger partial charge on any atom is -0.477 e. The third-order valence-electron chi connectivity index (χ3n) is 2.92. The van der Waals surface area contributed by atoms with Crippen LogP contribution in [0.3, 0.4) is 0 Å². The van der Waals surface area contributed by atoms with Gasteiger partial charge in [-0.3, -0.25) is 4.79 Å². The molecule has 2 aromatic heterocycles. The highest BCUT2D eigenvalue weighted by atomic mass is 16.5. The van der Waals surface area contributed by atoms with Crippen LogP contribution in [0.25, 0.3) is 11.5 Å². The van der Waals surface area contributed by atoms with Crippen molar-refractivity contribution < 1.29 is 4.74 Å². The highest BCUT2D eigenvalue weighted by molar-refractivity contribution is 5.50. The van der Waals surface area contributed by atoms with E-state index in [1.165, 1.54) is 0 Å². The van der Waals surface area contributed by atoms with Crippen molar-refractivity contribution in [1.82, 2.24) is 15.0 Å². The van der Waals surface area contributed by atoms with Gasteiger partial charge in [-0.2, -0.15) is 4.98 Å². The molecule has 0 spiro atoms. The molecule has 18 heavy (non-hydrogen) atoms. The Morgan fingerprint density at radius 1 is 1.33 bits per heavy atom. The standard InChI is InChI=1S/C13H13N3O2/c1-8-4-2-6-10(14-8)11-15-12(17)9-5-3-7-18-13(9)16-11/h2,4,6H,3,5,7H2,1H3,(H,15,16,17). The molecule has 0 atom stereocenters. The van der Waals surface area contributed by atoms with Crippen molar-refractivity contribution in [1.29, 1.82) is 0 Å². The summed E-state index contributed by atoms with van der Waals surface area (Å²) in [4.78, 5) is 23.4. The van der Waals surface area contributed by atoms with Crippen LogP contribution in [0.4, 0.5) is 0 Å². The van der Waals surface area contributed by atoms with Gasteiger partial charge in [0.1, 0.15) is 5.69 Å². The maximum absolute atomic E-state index is 11.9. The normalized spacial score (nSPS) is 13.8. The van der Waals surface area contributed by atoms with Gasteiger partial charge in [0, 0.05) is 5.69 Å². The first-order valence-electron chi connectivity index (χ1n) is 5.94. The number of pyridine rings is 1. The first-order valence-corrected chi connectivity index (χ1v) is 5.94. The molecular weight excluding hydrogens is 230 g/mol. The van der Waals surface area contributed by atoms with E-state index in [0.717, 1.165) is 18.5 Å². The van der Waals surface area contributed by atoms with Gasteiger partial charge < -0.3 is 9.72 Å². The molecule has 0 unspecified atom stereocenters. The summed E-state index contributed by atoms with van der Waals surface area (Å²) in [7, 11) is 0. The lowest BCUT2D eigenvalue weighted by Crippen LogP contribution is -2.22. The highest BCUT2D eigenvalue weighted by Gasteiger charge is 2.17. The van der Waals surface area contributed by atoms with Crippen LogP contribution in [-0.2, 0) is 6.42 Å². The first-order chi connectivity index (χ1) is 8.74. The zero-order valence-corrected chi connectivity index (χ0v) is 10.1. The Kier molecular flexibility index (Phi) is 2.59. The SMILES string of the molecule is Cc1cccc(-c2nc3c(c(=O)[nH]2)CCCO3)n1. The highest BCUT2D eigenvalue weighted by Crippen LogP contribution is 2.21. The number of H-pyrrole nitrogens is 1. The zero-order chi connectivity index (χ0) is 12.5. The molecule has 0 amide bonds. The van der Waals surface area contributed by atoms with E-state index in [1.807, 2.05) is 25.1 Å². The van der Waals surface area contributed by atoms with E-state index in [9.17, 15) is 4.79 Å². The number of aryl methyl sites for hydroxylation is 1. The van der Waals surface area contributed by atoms with E-state index in [-0.39, 0.29) is 5.56 Å². The van der Waals surface area contributed by atoms with Gasteiger partial charge in [-0.05, 0) is 31.9 Å². The van der Waals surface area contributed by atoms with Gasteiger partial charge >= 0.3 is 0 Å². The monoisotopic (exact) mass is 243 g/mol. The summed E-state index contributed by atoms with van der Waals surface area (Å²) in [5, 5.41) is 0. The van der Waals surface area contributed by atoms with Gasteiger partial charge in [0.15, 0.2) is 5.82 Å². The number of hydrogen-bond acceptors (Lipinski definition) is 4. The topological polar surface area (TPSA) is 67.9 Å². The predicted octanol–water partition coefficient (Wildman–Crippen LogP) is 1.47. The minimum atomic E-state index is -0.127. The third-order valence-corrected chi connectivity index (χ3v) is 2.92. The zero-order valence-electron chi connectivity index (χ0n) is 10.1. The molecule has 3 heterocycles. The van der Waals surface area contributed by atoms with Gasteiger partial charge in [-0.1, -0.05) is 6.07 Å². The predicted molar refractivity (Wildman–Crippen MR) is 66.6 cm³/mol. The molecule has 3 rings (SSSR count). The molecule has 0 saturated carbocycles. The van der Waals surface area contributed by atoms with E-state index in [0.29, 0.717) is 29.6 Å². The van der Waals surface area contributed by atoms with Crippen molar-refractivity contribution in [2.24, 2.45) is 0 Å². The number of ether oxygens (including phenoxy) is 1. The maximum Gasteiger partial charge on any atom is 0.258 e. The summed E-state index contributed by atoms with van der Waals surface area (Å²) in [5.41, 5.74) is 2.05. The molecule has 92 valence electrons. The smallest absolute Gasteiger partial charge is 0.258 e. The van der Waals surface area contributed by atoms with Crippen molar-refractivity contribution >= 4 is 0 Å². The third kappa shape index (κ3) is 1.88. The lowest BCUT2D eigenvalue weighted by molar-refractivity contribution is 0.274. The average Bonchev–Trinajstić information content (AvgIpc) is 2.39. The molecular formula is C13H13N3O2. The fraction of sp³-hybridized carbons (Fsp3) is 0.308. The van der Waals surface area contributed by atoms with Crippen LogP contribution in [0.1, 0.15) is 17.7 Å². The van der Waals surface area contributed by atoms with Crippen LogP contribution in [0, 0.1) is 6.92 Å². The van der Waals surface area contributed by atoms with Gasteiger partial charge in [0.25, 0.3) is 5.56 Å². The number of nitrogens with zero attached hydrogens (tertiary/aromatic N) is 2. The molecule has 0 fully saturated rings. The lowest BCUT2D eigenvalue weighted by Gasteiger charge is -2.15. The Morgan fingerprint density at radius 3 is 3.06 bits per heavy atom. The lowest BCUT2D eigenvalue weighted by atomic mass is 10.1. The van der Waals surface area contributed by atoms with Gasteiger partial charge in [0.2, 0.25) is 5.88 Å². The van der Waals surface area contributed by atoms with Crippen LogP contribution >= 0.6 is 0 Å². The molecule has 2 aromatic rings. The van der Waals surface area contributed by atoms with Crippen LogP contribution < -0.4 is 10.3 Å². The Balaban J connectivity index is 2.14. The van der Waals surface area contributed by atoms with E-state index in [4.69, 9.17) is 4.74 Å². The number of aromatic nitrogens is 3. The van der Waals surface area contributed by atoms with E-state index in [1.54, 1.807) is 0 Å². The minimum absolute atomic E-state index is 0.127. The molecule has 1 aliphatic rings. The summed E-state index contributed by atoms with van der Waals surface area (Å²) in [5.74, 6) is 0.910. The molecule has 0 saturated heterocycles. The number of nitrogens with one attached hydrogen (secondary N) is 1. The molecule has 0 aromatic carbocycles. The second-order valence-corrected chi connectivity index (χ2v) is 4.31. The molecule has 0 bridgehead atoms. The van der Waals surface area contributed by atoms with Gasteiger partial charge in [-0.25, -0.2) is 4.98 Å². The second kappa shape index (κ2) is 4.25. The van der Waals surface area contributed by atoms with E-state index < -0.39 is 0 Å². The quantitative estimate of drug-likeness (QED) is 0.823. The largest absolute Gasteiger partial charge is 0.477 e. The molecule has 1 aliphatic heterocycles. The Hall–Kier alpha value is -2.17. The van der Waals surface area contributed by atoms with E-state index >= 15 is 0 Å². The summed E-state index contributed by atoms with van der Waals surface area (Å²) in [6.07, 6.45) is 1.58. The first kappa shape index (κ1) is 11.0. The molecule has 0 aliphatic carbocycles. The fourth-order valence-corrected chi connectivity index (χ4v) is 2.03. The Labute approximate surface area is 104 Å². The summed E-state index contributed by atoms with van der Waals surface area (Å²) in [6, 6.07) is 5.61. The van der Waals surface area contributed by atoms with Crippen molar-refractivity contribution in [3.05, 3.63) is 39.8 Å². The summed E-state index contributed by atoms with van der Waals surface area (Å²) in [6.45, 7) is 2.51. The van der Waals surface area contributed by atoms with Crippen molar-refractivity contribution in [3.8, 4) is 17.4 Å². The van der Waals surface area contributed by atoms with Crippen LogP contribution in [0.15, 0.2) is 23.0 Å². The van der Waals surface area contributed by atoms with Gasteiger partial charge in [0.05, 0.1) is 12.2 Å². The average molecular weight is 243 g/mol. The summed E-state index contributed by atoms with van der Waals surface area (Å²) >= 11 is 0. The number of aromatic amines is 1.